The maximum Gasteiger partial charge on any atom is 0.273 e. The van der Waals surface area contributed by atoms with Gasteiger partial charge in [-0.25, -0.2) is 4.98 Å². The molecule has 2 fully saturated rings. The van der Waals surface area contributed by atoms with Gasteiger partial charge in [-0.1, -0.05) is 11.2 Å². The lowest BCUT2D eigenvalue weighted by molar-refractivity contribution is 0.0881. The van der Waals surface area contributed by atoms with Gasteiger partial charge in [0.1, 0.15) is 11.9 Å². The smallest absolute Gasteiger partial charge is 0.273 e. The maximum absolute atomic E-state index is 12.3. The van der Waals surface area contributed by atoms with Gasteiger partial charge in [-0.2, -0.15) is 0 Å². The van der Waals surface area contributed by atoms with Gasteiger partial charge in [-0.15, -0.1) is 0 Å². The Hall–Kier alpha value is -2.37. The van der Waals surface area contributed by atoms with E-state index in [2.05, 4.69) is 15.5 Å². The molecule has 2 heterocycles. The van der Waals surface area contributed by atoms with Crippen LogP contribution in [0.2, 0.25) is 0 Å². The second-order valence-corrected chi connectivity index (χ2v) is 6.62. The third-order valence-electron chi connectivity index (χ3n) is 4.68. The zero-order chi connectivity index (χ0) is 16.4. The van der Waals surface area contributed by atoms with Crippen molar-refractivity contribution in [3.8, 4) is 5.88 Å². The van der Waals surface area contributed by atoms with Crippen LogP contribution < -0.4 is 10.1 Å². The van der Waals surface area contributed by atoms with Crippen LogP contribution in [0.25, 0.3) is 0 Å². The van der Waals surface area contributed by atoms with E-state index in [0.29, 0.717) is 17.5 Å². The van der Waals surface area contributed by atoms with Gasteiger partial charge >= 0.3 is 0 Å². The van der Waals surface area contributed by atoms with E-state index >= 15 is 0 Å². The molecule has 2 aromatic heterocycles. The van der Waals surface area contributed by atoms with Crippen molar-refractivity contribution in [2.24, 2.45) is 0 Å². The van der Waals surface area contributed by atoms with Crippen LogP contribution in [0.15, 0.2) is 35.0 Å². The molecule has 0 saturated heterocycles. The molecule has 0 unspecified atom stereocenters. The fourth-order valence-electron chi connectivity index (χ4n) is 3.13. The first-order valence-corrected chi connectivity index (χ1v) is 8.63. The van der Waals surface area contributed by atoms with Crippen molar-refractivity contribution in [1.82, 2.24) is 15.5 Å². The molecule has 2 aromatic rings. The molecule has 24 heavy (non-hydrogen) atoms. The van der Waals surface area contributed by atoms with Crippen LogP contribution in [0.5, 0.6) is 5.88 Å². The molecule has 0 spiro atoms. The maximum atomic E-state index is 12.3. The van der Waals surface area contributed by atoms with E-state index in [0.717, 1.165) is 44.3 Å². The average Bonchev–Trinajstić information content (AvgIpc) is 3.34. The second kappa shape index (κ2) is 6.63. The van der Waals surface area contributed by atoms with Crippen LogP contribution in [0.1, 0.15) is 60.7 Å². The number of hydrogen-bond acceptors (Lipinski definition) is 5. The van der Waals surface area contributed by atoms with Crippen LogP contribution in [0, 0.1) is 0 Å². The van der Waals surface area contributed by atoms with Crippen LogP contribution in [-0.4, -0.2) is 28.2 Å². The van der Waals surface area contributed by atoms with Gasteiger partial charge in [0.25, 0.3) is 5.91 Å². The summed E-state index contributed by atoms with van der Waals surface area (Å²) in [6.45, 7) is 0. The Bertz CT molecular complexity index is 689. The third-order valence-corrected chi connectivity index (χ3v) is 4.68. The monoisotopic (exact) mass is 327 g/mol. The molecule has 0 radical (unpaired) electrons. The number of amides is 1. The molecule has 0 aromatic carbocycles. The largest absolute Gasteiger partial charge is 0.474 e. The van der Waals surface area contributed by atoms with Crippen LogP contribution in [0.4, 0.5) is 0 Å². The highest BCUT2D eigenvalue weighted by atomic mass is 16.5. The van der Waals surface area contributed by atoms with Crippen molar-refractivity contribution >= 4 is 5.91 Å². The van der Waals surface area contributed by atoms with E-state index in [-0.39, 0.29) is 18.1 Å². The highest BCUT2D eigenvalue weighted by Crippen LogP contribution is 2.40. The van der Waals surface area contributed by atoms with Crippen molar-refractivity contribution in [3.05, 3.63) is 41.9 Å². The Balaban J connectivity index is 1.25. The predicted octanol–water partition coefficient (Wildman–Crippen LogP) is 3.07. The first-order valence-electron chi connectivity index (χ1n) is 8.63. The van der Waals surface area contributed by atoms with E-state index in [4.69, 9.17) is 9.26 Å². The number of rotatable bonds is 5. The van der Waals surface area contributed by atoms with Gasteiger partial charge < -0.3 is 14.6 Å². The first-order chi connectivity index (χ1) is 11.8. The number of carbonyl (C=O) groups excluding carboxylic acids is 1. The molecule has 126 valence electrons. The van der Waals surface area contributed by atoms with Crippen molar-refractivity contribution < 1.29 is 14.1 Å². The number of pyridine rings is 1. The summed E-state index contributed by atoms with van der Waals surface area (Å²) in [4.78, 5) is 16.5. The lowest BCUT2D eigenvalue weighted by Gasteiger charge is -2.28. The molecule has 4 rings (SSSR count). The van der Waals surface area contributed by atoms with E-state index in [9.17, 15) is 4.79 Å². The third kappa shape index (κ3) is 3.58. The molecular formula is C18H21N3O3. The van der Waals surface area contributed by atoms with Gasteiger partial charge in [0.05, 0.1) is 0 Å². The fourth-order valence-corrected chi connectivity index (χ4v) is 3.13. The molecular weight excluding hydrogens is 306 g/mol. The van der Waals surface area contributed by atoms with E-state index in [1.165, 1.54) is 0 Å². The predicted molar refractivity (Wildman–Crippen MR) is 86.9 cm³/mol. The van der Waals surface area contributed by atoms with Gasteiger partial charge in [0.2, 0.25) is 5.88 Å². The lowest BCUT2D eigenvalue weighted by Crippen LogP contribution is -2.39. The Labute approximate surface area is 140 Å². The lowest BCUT2D eigenvalue weighted by atomic mass is 9.93. The number of hydrogen-bond donors (Lipinski definition) is 1. The summed E-state index contributed by atoms with van der Waals surface area (Å²) >= 11 is 0. The molecule has 6 nitrogen and oxygen atoms in total. The standard InChI is InChI=1S/C18H21N3O3/c22-18(15-11-16(24-21-15)12-4-5-12)20-13-6-8-14(9-7-13)23-17-3-1-2-10-19-17/h1-3,10-14H,4-9H2,(H,20,22). The molecule has 1 N–H and O–H groups in total. The molecule has 2 saturated carbocycles. The van der Waals surface area contributed by atoms with Crippen LogP contribution in [-0.2, 0) is 0 Å². The van der Waals surface area contributed by atoms with E-state index in [1.807, 2.05) is 18.2 Å². The normalized spacial score (nSPS) is 23.7. The molecule has 6 heteroatoms. The summed E-state index contributed by atoms with van der Waals surface area (Å²) in [6.07, 6.45) is 7.79. The Morgan fingerprint density at radius 2 is 2.00 bits per heavy atom. The highest BCUT2D eigenvalue weighted by molar-refractivity contribution is 5.92. The minimum absolute atomic E-state index is 0.139. The Morgan fingerprint density at radius 1 is 1.17 bits per heavy atom. The first kappa shape index (κ1) is 15.2. The summed E-state index contributed by atoms with van der Waals surface area (Å²) in [5, 5.41) is 6.95. The molecule has 0 atom stereocenters. The van der Waals surface area contributed by atoms with Crippen molar-refractivity contribution in [3.63, 3.8) is 0 Å². The summed E-state index contributed by atoms with van der Waals surface area (Å²) in [7, 11) is 0. The Morgan fingerprint density at radius 3 is 2.71 bits per heavy atom. The quantitative estimate of drug-likeness (QED) is 0.913. The Kier molecular flexibility index (Phi) is 4.19. The van der Waals surface area contributed by atoms with Gasteiger partial charge in [-0.3, -0.25) is 4.79 Å². The van der Waals surface area contributed by atoms with Crippen LogP contribution >= 0.6 is 0 Å². The van der Waals surface area contributed by atoms with Crippen molar-refractivity contribution in [2.75, 3.05) is 0 Å². The highest BCUT2D eigenvalue weighted by Gasteiger charge is 2.30. The summed E-state index contributed by atoms with van der Waals surface area (Å²) in [6, 6.07) is 7.61. The zero-order valence-electron chi connectivity index (χ0n) is 13.5. The minimum Gasteiger partial charge on any atom is -0.474 e. The molecule has 1 amide bonds. The number of nitrogens with one attached hydrogen (secondary N) is 1. The number of aromatic nitrogens is 2. The number of carbonyl (C=O) groups is 1. The summed E-state index contributed by atoms with van der Waals surface area (Å²) in [5.41, 5.74) is 0.392. The molecule has 0 bridgehead atoms. The van der Waals surface area contributed by atoms with Crippen LogP contribution in [0.3, 0.4) is 0 Å². The topological polar surface area (TPSA) is 77.2 Å². The summed E-state index contributed by atoms with van der Waals surface area (Å²) in [5.74, 6) is 1.84. The molecule has 2 aliphatic rings. The second-order valence-electron chi connectivity index (χ2n) is 6.62. The average molecular weight is 327 g/mol. The van der Waals surface area contributed by atoms with Gasteiger partial charge in [-0.05, 0) is 44.6 Å². The zero-order valence-corrected chi connectivity index (χ0v) is 13.5. The van der Waals surface area contributed by atoms with E-state index < -0.39 is 0 Å². The van der Waals surface area contributed by atoms with Crippen molar-refractivity contribution in [2.45, 2.75) is 56.6 Å². The van der Waals surface area contributed by atoms with Gasteiger partial charge in [0, 0.05) is 30.3 Å². The van der Waals surface area contributed by atoms with Gasteiger partial charge in [0.15, 0.2) is 5.69 Å². The fraction of sp³-hybridized carbons (Fsp3) is 0.500. The molecule has 2 aliphatic carbocycles. The molecule has 0 aliphatic heterocycles. The van der Waals surface area contributed by atoms with E-state index in [1.54, 1.807) is 12.3 Å². The number of ether oxygens (including phenoxy) is 1. The SMILES string of the molecule is O=C(NC1CCC(Oc2ccccn2)CC1)c1cc(C2CC2)on1. The minimum atomic E-state index is -0.139. The summed E-state index contributed by atoms with van der Waals surface area (Å²) < 4.78 is 11.1. The number of nitrogens with zero attached hydrogens (tertiary/aromatic N) is 2. The van der Waals surface area contributed by atoms with Crippen molar-refractivity contribution in [1.29, 1.82) is 0 Å².